The summed E-state index contributed by atoms with van der Waals surface area (Å²) in [6.07, 6.45) is 1.54. The number of carbonyl (C=O) groups is 1. The number of aromatic nitrogens is 2. The summed E-state index contributed by atoms with van der Waals surface area (Å²) in [5.41, 5.74) is 3.06. The summed E-state index contributed by atoms with van der Waals surface area (Å²) < 4.78 is 0. The fourth-order valence-corrected chi connectivity index (χ4v) is 2.67. The molecule has 0 unspecified atom stereocenters. The lowest BCUT2D eigenvalue weighted by atomic mass is 10.2. The Morgan fingerprint density at radius 1 is 1.04 bits per heavy atom. The minimum absolute atomic E-state index is 0.225. The number of nitrogens with one attached hydrogen (secondary N) is 2. The smallest absolute Gasteiger partial charge is 0.254 e. The van der Waals surface area contributed by atoms with Crippen molar-refractivity contribution in [1.29, 1.82) is 0 Å². The van der Waals surface area contributed by atoms with Gasteiger partial charge in [-0.3, -0.25) is 4.79 Å². The molecule has 5 nitrogen and oxygen atoms in total. The number of anilines is 1. The Morgan fingerprint density at radius 3 is 2.50 bits per heavy atom. The number of aryl methyl sites for hydroxylation is 1. The first-order valence-corrected chi connectivity index (χ1v) is 8.64. The lowest BCUT2D eigenvalue weighted by Crippen LogP contribution is -2.24. The van der Waals surface area contributed by atoms with Gasteiger partial charge in [0.05, 0.1) is 11.3 Å². The van der Waals surface area contributed by atoms with Gasteiger partial charge in [-0.2, -0.15) is 0 Å². The summed E-state index contributed by atoms with van der Waals surface area (Å²) in [7, 11) is 0. The van der Waals surface area contributed by atoms with Crippen LogP contribution in [0.3, 0.4) is 0 Å². The maximum Gasteiger partial charge on any atom is 0.254 e. The molecule has 2 N–H and O–H groups in total. The number of halogens is 1. The summed E-state index contributed by atoms with van der Waals surface area (Å²) in [6, 6.07) is 17.4. The Bertz CT molecular complexity index is 899. The quantitative estimate of drug-likeness (QED) is 0.692. The first kappa shape index (κ1) is 17.9. The van der Waals surface area contributed by atoms with Gasteiger partial charge in [0.15, 0.2) is 0 Å². The zero-order valence-corrected chi connectivity index (χ0v) is 15.1. The molecule has 6 heteroatoms. The summed E-state index contributed by atoms with van der Waals surface area (Å²) >= 11 is 6.11. The molecular weight excluding hydrogens is 348 g/mol. The number of benzene rings is 2. The van der Waals surface area contributed by atoms with E-state index in [1.165, 1.54) is 6.20 Å². The van der Waals surface area contributed by atoms with Crippen LogP contribution in [0.5, 0.6) is 0 Å². The summed E-state index contributed by atoms with van der Waals surface area (Å²) in [5.74, 6) is 0.269. The Hall–Kier alpha value is -2.92. The Morgan fingerprint density at radius 2 is 1.77 bits per heavy atom. The van der Waals surface area contributed by atoms with Crippen LogP contribution in [0.2, 0.25) is 5.02 Å². The number of carbonyl (C=O) groups excluding carboxylic acids is 1. The maximum absolute atomic E-state index is 12.4. The number of rotatable bonds is 6. The van der Waals surface area contributed by atoms with Crippen molar-refractivity contribution in [2.24, 2.45) is 0 Å². The molecule has 0 atom stereocenters. The highest BCUT2D eigenvalue weighted by molar-refractivity contribution is 6.31. The van der Waals surface area contributed by atoms with Gasteiger partial charge in [-0.15, -0.1) is 0 Å². The van der Waals surface area contributed by atoms with Crippen molar-refractivity contribution >= 4 is 23.5 Å². The lowest BCUT2D eigenvalue weighted by Gasteiger charge is -2.10. The lowest BCUT2D eigenvalue weighted by molar-refractivity contribution is 0.0949. The fourth-order valence-electron chi connectivity index (χ4n) is 2.46. The highest BCUT2D eigenvalue weighted by Crippen LogP contribution is 2.15. The van der Waals surface area contributed by atoms with E-state index in [1.807, 2.05) is 48.5 Å². The van der Waals surface area contributed by atoms with Gasteiger partial charge in [0.25, 0.3) is 5.91 Å². The molecule has 0 bridgehead atoms. The van der Waals surface area contributed by atoms with Gasteiger partial charge in [-0.25, -0.2) is 9.97 Å². The molecule has 1 aromatic heterocycles. The summed E-state index contributed by atoms with van der Waals surface area (Å²) in [6.45, 7) is 2.77. The molecule has 0 aliphatic rings. The van der Waals surface area contributed by atoms with Crippen molar-refractivity contribution in [3.8, 4) is 0 Å². The van der Waals surface area contributed by atoms with Gasteiger partial charge in [-0.1, -0.05) is 60.1 Å². The standard InChI is InChI=1S/C20H19ClN4O/c1-14-17(19(26)22-12-16-9-5-6-10-18(16)21)13-24-20(25-14)23-11-15-7-3-2-4-8-15/h2-10,13H,11-12H2,1H3,(H,22,26)(H,23,24,25). The maximum atomic E-state index is 12.4. The van der Waals surface area contributed by atoms with Crippen molar-refractivity contribution in [2.75, 3.05) is 5.32 Å². The van der Waals surface area contributed by atoms with Gasteiger partial charge in [-0.05, 0) is 24.1 Å². The van der Waals surface area contributed by atoms with Crippen LogP contribution >= 0.6 is 11.6 Å². The van der Waals surface area contributed by atoms with Crippen LogP contribution in [0.15, 0.2) is 60.8 Å². The van der Waals surface area contributed by atoms with E-state index < -0.39 is 0 Å². The highest BCUT2D eigenvalue weighted by Gasteiger charge is 2.12. The summed E-state index contributed by atoms with van der Waals surface area (Å²) in [4.78, 5) is 21.0. The molecular formula is C20H19ClN4O. The van der Waals surface area contributed by atoms with Crippen molar-refractivity contribution in [1.82, 2.24) is 15.3 Å². The predicted octanol–water partition coefficient (Wildman–Crippen LogP) is 3.98. The Labute approximate surface area is 157 Å². The highest BCUT2D eigenvalue weighted by atomic mass is 35.5. The molecule has 1 amide bonds. The molecule has 0 aliphatic heterocycles. The second-order valence-electron chi connectivity index (χ2n) is 5.81. The minimum Gasteiger partial charge on any atom is -0.350 e. The number of hydrogen-bond donors (Lipinski definition) is 2. The van der Waals surface area contributed by atoms with Crippen LogP contribution in [0.1, 0.15) is 27.2 Å². The number of amides is 1. The van der Waals surface area contributed by atoms with Crippen LogP contribution in [0.4, 0.5) is 5.95 Å². The first-order valence-electron chi connectivity index (χ1n) is 8.26. The molecule has 0 radical (unpaired) electrons. The van der Waals surface area contributed by atoms with Crippen LogP contribution in [-0.2, 0) is 13.1 Å². The van der Waals surface area contributed by atoms with E-state index in [0.717, 1.165) is 11.1 Å². The van der Waals surface area contributed by atoms with Crippen molar-refractivity contribution in [3.05, 3.63) is 88.2 Å². The number of nitrogens with zero attached hydrogens (tertiary/aromatic N) is 2. The zero-order valence-electron chi connectivity index (χ0n) is 14.4. The third kappa shape index (κ3) is 4.58. The second-order valence-corrected chi connectivity index (χ2v) is 6.21. The molecule has 0 saturated heterocycles. The van der Waals surface area contributed by atoms with Crippen LogP contribution in [-0.4, -0.2) is 15.9 Å². The first-order chi connectivity index (χ1) is 12.6. The molecule has 2 aromatic carbocycles. The van der Waals surface area contributed by atoms with Crippen molar-refractivity contribution in [3.63, 3.8) is 0 Å². The Balaban J connectivity index is 1.61. The average molecular weight is 367 g/mol. The molecule has 26 heavy (non-hydrogen) atoms. The molecule has 3 rings (SSSR count). The molecule has 132 valence electrons. The Kier molecular flexibility index (Phi) is 5.81. The van der Waals surface area contributed by atoms with Gasteiger partial charge < -0.3 is 10.6 Å². The number of hydrogen-bond acceptors (Lipinski definition) is 4. The fraction of sp³-hybridized carbons (Fsp3) is 0.150. The minimum atomic E-state index is -0.225. The monoisotopic (exact) mass is 366 g/mol. The third-order valence-electron chi connectivity index (χ3n) is 3.91. The van der Waals surface area contributed by atoms with E-state index in [-0.39, 0.29) is 5.91 Å². The van der Waals surface area contributed by atoms with E-state index in [0.29, 0.717) is 35.3 Å². The van der Waals surface area contributed by atoms with Crippen LogP contribution < -0.4 is 10.6 Å². The van der Waals surface area contributed by atoms with E-state index in [1.54, 1.807) is 13.0 Å². The van der Waals surface area contributed by atoms with Crippen molar-refractivity contribution in [2.45, 2.75) is 20.0 Å². The van der Waals surface area contributed by atoms with E-state index >= 15 is 0 Å². The van der Waals surface area contributed by atoms with Crippen LogP contribution in [0, 0.1) is 6.92 Å². The molecule has 0 aliphatic carbocycles. The summed E-state index contributed by atoms with van der Waals surface area (Å²) in [5, 5.41) is 6.64. The molecule has 1 heterocycles. The van der Waals surface area contributed by atoms with Gasteiger partial charge >= 0.3 is 0 Å². The molecule has 0 fully saturated rings. The largest absolute Gasteiger partial charge is 0.350 e. The van der Waals surface area contributed by atoms with Crippen LogP contribution in [0.25, 0.3) is 0 Å². The predicted molar refractivity (Wildman–Crippen MR) is 103 cm³/mol. The zero-order chi connectivity index (χ0) is 18.4. The van der Waals surface area contributed by atoms with Gasteiger partial charge in [0, 0.05) is 24.3 Å². The van der Waals surface area contributed by atoms with E-state index in [9.17, 15) is 4.79 Å². The molecule has 0 saturated carbocycles. The normalized spacial score (nSPS) is 10.4. The molecule has 0 spiro atoms. The SMILES string of the molecule is Cc1nc(NCc2ccccc2)ncc1C(=O)NCc1ccccc1Cl. The third-order valence-corrected chi connectivity index (χ3v) is 4.28. The second kappa shape index (κ2) is 8.45. The van der Waals surface area contributed by atoms with E-state index in [4.69, 9.17) is 11.6 Å². The van der Waals surface area contributed by atoms with Gasteiger partial charge in [0.1, 0.15) is 0 Å². The molecule has 3 aromatic rings. The topological polar surface area (TPSA) is 66.9 Å². The average Bonchev–Trinajstić information content (AvgIpc) is 2.66. The van der Waals surface area contributed by atoms with Crippen molar-refractivity contribution < 1.29 is 4.79 Å². The van der Waals surface area contributed by atoms with E-state index in [2.05, 4.69) is 20.6 Å². The van der Waals surface area contributed by atoms with Gasteiger partial charge in [0.2, 0.25) is 5.95 Å².